The molecule has 0 radical (unpaired) electrons. The highest BCUT2D eigenvalue weighted by atomic mass is 15.2. The summed E-state index contributed by atoms with van der Waals surface area (Å²) in [5, 5.41) is 0. The molecule has 1 aliphatic heterocycles. The molecule has 114 valence electrons. The van der Waals surface area contributed by atoms with Gasteiger partial charge in [0, 0.05) is 25.2 Å². The Labute approximate surface area is 130 Å². The van der Waals surface area contributed by atoms with E-state index in [1.165, 1.54) is 62.6 Å². The van der Waals surface area contributed by atoms with Crippen LogP contribution in [0.5, 0.6) is 0 Å². The minimum absolute atomic E-state index is 0.431. The van der Waals surface area contributed by atoms with Crippen molar-refractivity contribution in [3.8, 4) is 0 Å². The average molecular weight is 284 g/mol. The minimum Gasteiger partial charge on any atom is -0.326 e. The molecule has 0 spiro atoms. The van der Waals surface area contributed by atoms with Gasteiger partial charge in [-0.05, 0) is 55.2 Å². The molecular formula is C18H29BN2. The van der Waals surface area contributed by atoms with E-state index in [2.05, 4.69) is 37.9 Å². The van der Waals surface area contributed by atoms with Crippen LogP contribution in [-0.2, 0) is 12.8 Å². The fourth-order valence-corrected chi connectivity index (χ4v) is 4.17. The Balaban J connectivity index is 1.52. The van der Waals surface area contributed by atoms with E-state index in [0.29, 0.717) is 12.1 Å². The molecule has 1 aliphatic carbocycles. The molecule has 2 unspecified atom stereocenters. The Morgan fingerprint density at radius 2 is 2.10 bits per heavy atom. The number of hydrogen-bond acceptors (Lipinski definition) is 2. The summed E-state index contributed by atoms with van der Waals surface area (Å²) in [6, 6.07) is 8.19. The normalized spacial score (nSPS) is 27.0. The number of nitrogens with zero attached hydrogens (tertiary/aromatic N) is 1. The number of likely N-dealkylation sites (tertiary alicyclic amines) is 1. The zero-order valence-corrected chi connectivity index (χ0v) is 13.6. The molecule has 21 heavy (non-hydrogen) atoms. The smallest absolute Gasteiger partial charge is 0.101 e. The zero-order chi connectivity index (χ0) is 14.8. The van der Waals surface area contributed by atoms with Crippen LogP contribution in [0.15, 0.2) is 18.2 Å². The van der Waals surface area contributed by atoms with E-state index in [1.54, 1.807) is 5.56 Å². The standard InChI is InChI=1S/C18H29BN2/c1-13-9-14(7-8-19)5-6-16(13)10-15-11-21(12-15)18-4-2-3-17(18)20/h5-6,9,15,17-18H,2-4,7-8,10-12,19-20H2,1H3. The fourth-order valence-electron chi connectivity index (χ4n) is 4.17. The number of hydrogen-bond donors (Lipinski definition) is 1. The maximum atomic E-state index is 6.21. The lowest BCUT2D eigenvalue weighted by atomic mass is 9.87. The second-order valence-corrected chi connectivity index (χ2v) is 7.20. The van der Waals surface area contributed by atoms with E-state index in [4.69, 9.17) is 5.73 Å². The number of nitrogens with two attached hydrogens (primary N) is 1. The Hall–Kier alpha value is -0.795. The second-order valence-electron chi connectivity index (χ2n) is 7.20. The van der Waals surface area contributed by atoms with Crippen molar-refractivity contribution in [2.45, 2.75) is 57.4 Å². The lowest BCUT2D eigenvalue weighted by Crippen LogP contribution is -2.56. The third-order valence-electron chi connectivity index (χ3n) is 5.44. The van der Waals surface area contributed by atoms with Crippen LogP contribution in [0.3, 0.4) is 0 Å². The van der Waals surface area contributed by atoms with Crippen molar-refractivity contribution in [2.75, 3.05) is 13.1 Å². The molecule has 0 aromatic heterocycles. The molecule has 0 bridgehead atoms. The Morgan fingerprint density at radius 1 is 1.29 bits per heavy atom. The van der Waals surface area contributed by atoms with Crippen molar-refractivity contribution in [1.29, 1.82) is 0 Å². The molecule has 3 rings (SSSR count). The highest BCUT2D eigenvalue weighted by molar-refractivity contribution is 6.08. The zero-order valence-electron chi connectivity index (χ0n) is 13.6. The van der Waals surface area contributed by atoms with Crippen molar-refractivity contribution in [3.05, 3.63) is 34.9 Å². The maximum absolute atomic E-state index is 6.21. The van der Waals surface area contributed by atoms with Gasteiger partial charge in [-0.2, -0.15) is 0 Å². The summed E-state index contributed by atoms with van der Waals surface area (Å²) in [6.07, 6.45) is 7.56. The number of benzene rings is 1. The third kappa shape index (κ3) is 3.35. The molecular weight excluding hydrogens is 255 g/mol. The first-order chi connectivity index (χ1) is 10.2. The monoisotopic (exact) mass is 284 g/mol. The summed E-state index contributed by atoms with van der Waals surface area (Å²) in [6.45, 7) is 4.79. The van der Waals surface area contributed by atoms with Crippen LogP contribution in [-0.4, -0.2) is 37.9 Å². The van der Waals surface area contributed by atoms with E-state index < -0.39 is 0 Å². The predicted octanol–water partition coefficient (Wildman–Crippen LogP) is 1.94. The van der Waals surface area contributed by atoms with E-state index in [-0.39, 0.29) is 0 Å². The molecule has 3 heteroatoms. The van der Waals surface area contributed by atoms with Gasteiger partial charge >= 0.3 is 0 Å². The van der Waals surface area contributed by atoms with Crippen LogP contribution in [0.1, 0.15) is 36.0 Å². The van der Waals surface area contributed by atoms with Crippen LogP contribution < -0.4 is 5.73 Å². The van der Waals surface area contributed by atoms with E-state index in [9.17, 15) is 0 Å². The van der Waals surface area contributed by atoms with Gasteiger partial charge < -0.3 is 5.73 Å². The van der Waals surface area contributed by atoms with Gasteiger partial charge in [-0.3, -0.25) is 4.90 Å². The van der Waals surface area contributed by atoms with Crippen molar-refractivity contribution in [1.82, 2.24) is 4.90 Å². The average Bonchev–Trinajstić information content (AvgIpc) is 2.82. The number of rotatable bonds is 5. The Bertz CT molecular complexity index is 482. The Kier molecular flexibility index (Phi) is 4.70. The maximum Gasteiger partial charge on any atom is 0.101 e. The van der Waals surface area contributed by atoms with Crippen LogP contribution in [0, 0.1) is 12.8 Å². The third-order valence-corrected chi connectivity index (χ3v) is 5.44. The van der Waals surface area contributed by atoms with Gasteiger partial charge in [-0.1, -0.05) is 30.9 Å². The summed E-state index contributed by atoms with van der Waals surface area (Å²) in [5.41, 5.74) is 10.7. The molecule has 0 amide bonds. The molecule has 2 N–H and O–H groups in total. The van der Waals surface area contributed by atoms with Gasteiger partial charge in [-0.25, -0.2) is 0 Å². The molecule has 2 aliphatic rings. The van der Waals surface area contributed by atoms with Gasteiger partial charge in [0.05, 0.1) is 0 Å². The second kappa shape index (κ2) is 6.54. The van der Waals surface area contributed by atoms with Gasteiger partial charge in [0.15, 0.2) is 0 Å². The van der Waals surface area contributed by atoms with Crippen LogP contribution >= 0.6 is 0 Å². The summed E-state index contributed by atoms with van der Waals surface area (Å²) >= 11 is 0. The SMILES string of the molecule is BCCc1ccc(CC2CN(C3CCCC3N)C2)c(C)c1. The fraction of sp³-hybridized carbons (Fsp3) is 0.667. The van der Waals surface area contributed by atoms with Gasteiger partial charge in [0.2, 0.25) is 0 Å². The van der Waals surface area contributed by atoms with Gasteiger partial charge in [-0.15, -0.1) is 0 Å². The lowest BCUT2D eigenvalue weighted by Gasteiger charge is -2.45. The molecule has 1 saturated carbocycles. The van der Waals surface area contributed by atoms with Gasteiger partial charge in [0.1, 0.15) is 7.85 Å². The van der Waals surface area contributed by atoms with E-state index in [1.807, 2.05) is 0 Å². The molecule has 1 saturated heterocycles. The van der Waals surface area contributed by atoms with Crippen molar-refractivity contribution >= 4 is 7.85 Å². The van der Waals surface area contributed by atoms with Crippen molar-refractivity contribution in [3.63, 3.8) is 0 Å². The molecule has 1 aromatic carbocycles. The van der Waals surface area contributed by atoms with Crippen LogP contribution in [0.4, 0.5) is 0 Å². The summed E-state index contributed by atoms with van der Waals surface area (Å²) < 4.78 is 0. The van der Waals surface area contributed by atoms with Gasteiger partial charge in [0.25, 0.3) is 0 Å². The first kappa shape index (κ1) is 15.1. The largest absolute Gasteiger partial charge is 0.326 e. The molecule has 1 heterocycles. The highest BCUT2D eigenvalue weighted by Crippen LogP contribution is 2.31. The first-order valence-electron chi connectivity index (χ1n) is 8.75. The molecule has 2 fully saturated rings. The van der Waals surface area contributed by atoms with Crippen molar-refractivity contribution < 1.29 is 0 Å². The minimum atomic E-state index is 0.431. The van der Waals surface area contributed by atoms with E-state index >= 15 is 0 Å². The predicted molar refractivity (Wildman–Crippen MR) is 92.6 cm³/mol. The van der Waals surface area contributed by atoms with E-state index in [0.717, 1.165) is 5.92 Å². The quantitative estimate of drug-likeness (QED) is 0.837. The molecule has 2 nitrogen and oxygen atoms in total. The van der Waals surface area contributed by atoms with Crippen LogP contribution in [0.2, 0.25) is 6.32 Å². The summed E-state index contributed by atoms with van der Waals surface area (Å²) in [5.74, 6) is 0.841. The summed E-state index contributed by atoms with van der Waals surface area (Å²) in [4.78, 5) is 2.63. The number of aryl methyl sites for hydroxylation is 2. The Morgan fingerprint density at radius 3 is 2.71 bits per heavy atom. The molecule has 1 aromatic rings. The summed E-state index contributed by atoms with van der Waals surface area (Å²) in [7, 11) is 2.25. The van der Waals surface area contributed by atoms with Crippen LogP contribution in [0.25, 0.3) is 0 Å². The molecule has 2 atom stereocenters. The topological polar surface area (TPSA) is 29.3 Å². The highest BCUT2D eigenvalue weighted by Gasteiger charge is 2.37. The lowest BCUT2D eigenvalue weighted by molar-refractivity contribution is 0.0488. The first-order valence-corrected chi connectivity index (χ1v) is 8.75. The van der Waals surface area contributed by atoms with Crippen molar-refractivity contribution in [2.24, 2.45) is 11.7 Å².